The maximum Gasteiger partial charge on any atom is 0.415 e. The first-order valence-corrected chi connectivity index (χ1v) is 8.60. The van der Waals surface area contributed by atoms with Gasteiger partial charge in [-0.1, -0.05) is 18.2 Å². The number of rotatable bonds is 4. The predicted molar refractivity (Wildman–Crippen MR) is 99.0 cm³/mol. The monoisotopic (exact) mass is 366 g/mol. The van der Waals surface area contributed by atoms with Crippen LogP contribution in [0.4, 0.5) is 21.9 Å². The number of carbonyl (C=O) groups is 1. The van der Waals surface area contributed by atoms with Gasteiger partial charge in [0.1, 0.15) is 17.3 Å². The molecule has 0 aromatic heterocycles. The van der Waals surface area contributed by atoms with Gasteiger partial charge >= 0.3 is 11.8 Å². The number of carbonyl (C=O) groups excluding carboxylic acids is 1. The van der Waals surface area contributed by atoms with E-state index in [0.717, 1.165) is 19.3 Å². The number of nitro groups is 1. The van der Waals surface area contributed by atoms with E-state index in [9.17, 15) is 14.9 Å². The molecule has 8 heteroatoms. The summed E-state index contributed by atoms with van der Waals surface area (Å²) in [5, 5.41) is 23.4. The average Bonchev–Trinajstić information content (AvgIpc) is 2.69. The van der Waals surface area contributed by atoms with Crippen molar-refractivity contribution in [3.05, 3.63) is 58.1 Å². The first-order chi connectivity index (χ1) is 13.1. The second kappa shape index (κ2) is 8.19. The lowest BCUT2D eigenvalue weighted by Crippen LogP contribution is -2.37. The lowest BCUT2D eigenvalue weighted by molar-refractivity contribution is -0.384. The standard InChI is InChI=1S/C19H18N4O4/c20-13-14-7-6-9-16(18(14)23(25)26)21-15-8-2-3-10-17(15)27-19(24)22-11-4-1-5-12-22/h2-3,6-10,21H,1,4-5,11-12H2. The van der Waals surface area contributed by atoms with Gasteiger partial charge in [0.25, 0.3) is 0 Å². The van der Waals surface area contributed by atoms with E-state index >= 15 is 0 Å². The second-order valence-corrected chi connectivity index (χ2v) is 6.11. The normalized spacial score (nSPS) is 13.5. The summed E-state index contributed by atoms with van der Waals surface area (Å²) in [7, 11) is 0. The number of piperidine rings is 1. The summed E-state index contributed by atoms with van der Waals surface area (Å²) in [6.07, 6.45) is 2.55. The van der Waals surface area contributed by atoms with Crippen LogP contribution < -0.4 is 10.1 Å². The largest absolute Gasteiger partial charge is 0.415 e. The topological polar surface area (TPSA) is 108 Å². The summed E-state index contributed by atoms with van der Waals surface area (Å²) >= 11 is 0. The van der Waals surface area contributed by atoms with Crippen molar-refractivity contribution in [2.75, 3.05) is 18.4 Å². The van der Waals surface area contributed by atoms with Gasteiger partial charge in [0, 0.05) is 13.1 Å². The number of amides is 1. The first kappa shape index (κ1) is 18.2. The Morgan fingerprint density at radius 3 is 2.52 bits per heavy atom. The molecule has 27 heavy (non-hydrogen) atoms. The Bertz CT molecular complexity index is 901. The van der Waals surface area contributed by atoms with E-state index in [1.807, 2.05) is 6.07 Å². The Morgan fingerprint density at radius 2 is 1.81 bits per heavy atom. The Labute approximate surface area is 156 Å². The van der Waals surface area contributed by atoms with Crippen molar-refractivity contribution < 1.29 is 14.5 Å². The fraction of sp³-hybridized carbons (Fsp3) is 0.263. The third-order valence-electron chi connectivity index (χ3n) is 4.31. The molecule has 0 atom stereocenters. The molecular formula is C19H18N4O4. The van der Waals surface area contributed by atoms with Gasteiger partial charge in [-0.15, -0.1) is 0 Å². The van der Waals surface area contributed by atoms with Crippen molar-refractivity contribution in [1.29, 1.82) is 5.26 Å². The van der Waals surface area contributed by atoms with Crippen LogP contribution in [0, 0.1) is 21.4 Å². The number of benzene rings is 2. The van der Waals surface area contributed by atoms with Gasteiger partial charge in [-0.3, -0.25) is 10.1 Å². The van der Waals surface area contributed by atoms with Crippen LogP contribution in [0.25, 0.3) is 0 Å². The number of nitro benzene ring substituents is 1. The van der Waals surface area contributed by atoms with Crippen molar-refractivity contribution in [3.8, 4) is 11.8 Å². The highest BCUT2D eigenvalue weighted by atomic mass is 16.6. The molecule has 0 saturated carbocycles. The molecule has 1 aliphatic rings. The first-order valence-electron chi connectivity index (χ1n) is 8.60. The van der Waals surface area contributed by atoms with Crippen LogP contribution in [0.15, 0.2) is 42.5 Å². The van der Waals surface area contributed by atoms with Crippen molar-refractivity contribution >= 4 is 23.2 Å². The Hall–Kier alpha value is -3.60. The van der Waals surface area contributed by atoms with Crippen LogP contribution >= 0.6 is 0 Å². The third kappa shape index (κ3) is 4.15. The molecule has 0 radical (unpaired) electrons. The van der Waals surface area contributed by atoms with Crippen LogP contribution in [0.5, 0.6) is 5.75 Å². The molecule has 1 N–H and O–H groups in total. The highest BCUT2D eigenvalue weighted by Gasteiger charge is 2.22. The van der Waals surface area contributed by atoms with Gasteiger partial charge < -0.3 is 15.0 Å². The molecule has 0 unspecified atom stereocenters. The van der Waals surface area contributed by atoms with E-state index < -0.39 is 11.0 Å². The minimum absolute atomic E-state index is 0.0483. The van der Waals surface area contributed by atoms with E-state index in [2.05, 4.69) is 5.32 Å². The zero-order valence-electron chi connectivity index (χ0n) is 14.6. The zero-order valence-corrected chi connectivity index (χ0v) is 14.6. The Kier molecular flexibility index (Phi) is 5.52. The molecule has 2 aromatic rings. The Morgan fingerprint density at radius 1 is 1.11 bits per heavy atom. The van der Waals surface area contributed by atoms with E-state index in [1.54, 1.807) is 35.2 Å². The lowest BCUT2D eigenvalue weighted by Gasteiger charge is -2.26. The summed E-state index contributed by atoms with van der Waals surface area (Å²) in [4.78, 5) is 24.8. The number of para-hydroxylation sites is 3. The van der Waals surface area contributed by atoms with Gasteiger partial charge in [-0.25, -0.2) is 4.79 Å². The molecule has 1 amide bonds. The molecule has 1 saturated heterocycles. The molecule has 0 bridgehead atoms. The molecule has 2 aromatic carbocycles. The Balaban J connectivity index is 1.86. The van der Waals surface area contributed by atoms with Gasteiger partial charge in [-0.2, -0.15) is 5.26 Å². The SMILES string of the molecule is N#Cc1cccc(Nc2ccccc2OC(=O)N2CCCCC2)c1[N+](=O)[O-]. The number of hydrogen-bond donors (Lipinski definition) is 1. The number of hydrogen-bond acceptors (Lipinski definition) is 6. The van der Waals surface area contributed by atoms with Crippen molar-refractivity contribution in [1.82, 2.24) is 4.90 Å². The summed E-state index contributed by atoms with van der Waals surface area (Å²) < 4.78 is 5.50. The molecule has 1 aliphatic heterocycles. The molecule has 1 fully saturated rings. The number of nitriles is 1. The molecule has 0 aliphatic carbocycles. The maximum absolute atomic E-state index is 12.4. The molecule has 138 valence electrons. The predicted octanol–water partition coefficient (Wildman–Crippen LogP) is 4.19. The van der Waals surface area contributed by atoms with E-state index in [0.29, 0.717) is 18.8 Å². The number of likely N-dealkylation sites (tertiary alicyclic amines) is 1. The summed E-state index contributed by atoms with van der Waals surface area (Å²) in [5.41, 5.74) is 0.187. The highest BCUT2D eigenvalue weighted by molar-refractivity contribution is 5.79. The number of nitrogens with zero attached hydrogens (tertiary/aromatic N) is 3. The summed E-state index contributed by atoms with van der Waals surface area (Å²) in [6.45, 7) is 1.31. The quantitative estimate of drug-likeness (QED) is 0.642. The van der Waals surface area contributed by atoms with E-state index in [1.165, 1.54) is 12.1 Å². The minimum Gasteiger partial charge on any atom is -0.408 e. The van der Waals surface area contributed by atoms with Gasteiger partial charge in [0.05, 0.1) is 10.6 Å². The average molecular weight is 366 g/mol. The van der Waals surface area contributed by atoms with Gasteiger partial charge in [0.15, 0.2) is 5.75 Å². The van der Waals surface area contributed by atoms with Gasteiger partial charge in [-0.05, 0) is 43.5 Å². The van der Waals surface area contributed by atoms with Crippen LogP contribution in [-0.4, -0.2) is 29.0 Å². The molecule has 0 spiro atoms. The lowest BCUT2D eigenvalue weighted by atomic mass is 10.1. The number of ether oxygens (including phenoxy) is 1. The molecular weight excluding hydrogens is 348 g/mol. The molecule has 3 rings (SSSR count). The van der Waals surface area contributed by atoms with E-state index in [-0.39, 0.29) is 22.7 Å². The smallest absolute Gasteiger partial charge is 0.408 e. The molecule has 8 nitrogen and oxygen atoms in total. The zero-order chi connectivity index (χ0) is 19.2. The number of anilines is 2. The fourth-order valence-electron chi connectivity index (χ4n) is 2.97. The minimum atomic E-state index is -0.608. The van der Waals surface area contributed by atoms with Crippen molar-refractivity contribution in [3.63, 3.8) is 0 Å². The van der Waals surface area contributed by atoms with Gasteiger partial charge in [0.2, 0.25) is 0 Å². The summed E-state index contributed by atoms with van der Waals surface area (Å²) in [5.74, 6) is 0.268. The third-order valence-corrected chi connectivity index (χ3v) is 4.31. The van der Waals surface area contributed by atoms with Crippen molar-refractivity contribution in [2.24, 2.45) is 0 Å². The molecule has 1 heterocycles. The number of nitrogens with one attached hydrogen (secondary N) is 1. The maximum atomic E-state index is 12.4. The van der Waals surface area contributed by atoms with E-state index in [4.69, 9.17) is 10.00 Å². The fourth-order valence-corrected chi connectivity index (χ4v) is 2.97. The summed E-state index contributed by atoms with van der Waals surface area (Å²) in [6, 6.07) is 13.0. The highest BCUT2D eigenvalue weighted by Crippen LogP contribution is 2.34. The van der Waals surface area contributed by atoms with Crippen LogP contribution in [0.1, 0.15) is 24.8 Å². The van der Waals surface area contributed by atoms with Crippen LogP contribution in [-0.2, 0) is 0 Å². The second-order valence-electron chi connectivity index (χ2n) is 6.11. The van der Waals surface area contributed by atoms with Crippen LogP contribution in [0.2, 0.25) is 0 Å². The van der Waals surface area contributed by atoms with Crippen LogP contribution in [0.3, 0.4) is 0 Å². The van der Waals surface area contributed by atoms with Crippen molar-refractivity contribution in [2.45, 2.75) is 19.3 Å².